The standard InChI is InChI=1S/C23H16ClFO3/c1-14-20(27-13-15-5-7-17(24)8-6-15)10-9-19-22(26)21(28-23(14)19)12-16-3-2-4-18(25)11-16/h2-12H,13H2,1H3/b21-12-. The van der Waals surface area contributed by atoms with Gasteiger partial charge in [-0.2, -0.15) is 0 Å². The Morgan fingerprint density at radius 1 is 1.11 bits per heavy atom. The van der Waals surface area contributed by atoms with Crippen LogP contribution in [0, 0.1) is 12.7 Å². The molecule has 0 aliphatic carbocycles. The number of ketones is 1. The van der Waals surface area contributed by atoms with Crippen LogP contribution >= 0.6 is 11.6 Å². The predicted molar refractivity (Wildman–Crippen MR) is 106 cm³/mol. The molecule has 0 atom stereocenters. The molecule has 5 heteroatoms. The largest absolute Gasteiger partial charge is 0.488 e. The van der Waals surface area contributed by atoms with Gasteiger partial charge in [-0.15, -0.1) is 0 Å². The summed E-state index contributed by atoms with van der Waals surface area (Å²) < 4.78 is 25.1. The van der Waals surface area contributed by atoms with Crippen molar-refractivity contribution in [2.45, 2.75) is 13.5 Å². The number of hydrogen-bond donors (Lipinski definition) is 0. The van der Waals surface area contributed by atoms with Crippen molar-refractivity contribution in [1.82, 2.24) is 0 Å². The number of rotatable bonds is 4. The summed E-state index contributed by atoms with van der Waals surface area (Å²) in [6.07, 6.45) is 1.54. The molecule has 0 N–H and O–H groups in total. The van der Waals surface area contributed by atoms with E-state index < -0.39 is 0 Å². The SMILES string of the molecule is Cc1c(OCc2ccc(Cl)cc2)ccc2c1O/C(=C\c1cccc(F)c1)C2=O. The van der Waals surface area contributed by atoms with E-state index in [1.807, 2.05) is 19.1 Å². The van der Waals surface area contributed by atoms with E-state index in [0.29, 0.717) is 34.3 Å². The number of fused-ring (bicyclic) bond motifs is 1. The Labute approximate surface area is 167 Å². The Kier molecular flexibility index (Phi) is 4.88. The van der Waals surface area contributed by atoms with Crippen molar-refractivity contribution >= 4 is 23.5 Å². The van der Waals surface area contributed by atoms with Gasteiger partial charge in [0.1, 0.15) is 23.9 Å². The predicted octanol–water partition coefficient (Wildman–Crippen LogP) is 5.98. The molecule has 3 aromatic rings. The number of allylic oxidation sites excluding steroid dienone is 1. The first-order chi connectivity index (χ1) is 13.5. The van der Waals surface area contributed by atoms with Gasteiger partial charge in [-0.1, -0.05) is 35.9 Å². The molecule has 0 unspecified atom stereocenters. The molecule has 0 aromatic heterocycles. The van der Waals surface area contributed by atoms with Crippen LogP contribution in [0.25, 0.3) is 6.08 Å². The topological polar surface area (TPSA) is 35.5 Å². The van der Waals surface area contributed by atoms with Gasteiger partial charge in [0.05, 0.1) is 5.56 Å². The second-order valence-corrected chi connectivity index (χ2v) is 6.91. The van der Waals surface area contributed by atoms with Gasteiger partial charge in [0.25, 0.3) is 0 Å². The zero-order valence-electron chi connectivity index (χ0n) is 15.0. The summed E-state index contributed by atoms with van der Waals surface area (Å²) in [5.74, 6) is 0.673. The Balaban J connectivity index is 1.57. The summed E-state index contributed by atoms with van der Waals surface area (Å²) >= 11 is 5.90. The van der Waals surface area contributed by atoms with Crippen LogP contribution in [0.4, 0.5) is 4.39 Å². The Hall–Kier alpha value is -3.11. The summed E-state index contributed by atoms with van der Waals surface area (Å²) in [6, 6.07) is 16.8. The fourth-order valence-corrected chi connectivity index (χ4v) is 3.14. The fraction of sp³-hybridized carbons (Fsp3) is 0.0870. The highest BCUT2D eigenvalue weighted by Crippen LogP contribution is 2.39. The minimum Gasteiger partial charge on any atom is -0.488 e. The highest BCUT2D eigenvalue weighted by molar-refractivity contribution is 6.30. The first kappa shape index (κ1) is 18.3. The quantitative estimate of drug-likeness (QED) is 0.510. The molecule has 0 bridgehead atoms. The minimum atomic E-state index is -0.369. The zero-order valence-corrected chi connectivity index (χ0v) is 15.8. The maximum absolute atomic E-state index is 13.4. The van der Waals surface area contributed by atoms with Crippen molar-refractivity contribution in [1.29, 1.82) is 0 Å². The van der Waals surface area contributed by atoms with Gasteiger partial charge >= 0.3 is 0 Å². The van der Waals surface area contributed by atoms with E-state index in [0.717, 1.165) is 11.1 Å². The lowest BCUT2D eigenvalue weighted by atomic mass is 10.1. The van der Waals surface area contributed by atoms with E-state index in [1.165, 1.54) is 12.1 Å². The third kappa shape index (κ3) is 3.64. The van der Waals surface area contributed by atoms with Crippen LogP contribution in [0.15, 0.2) is 66.4 Å². The zero-order chi connectivity index (χ0) is 19.7. The van der Waals surface area contributed by atoms with Gasteiger partial charge in [0.2, 0.25) is 5.78 Å². The molecule has 3 nitrogen and oxygen atoms in total. The van der Waals surface area contributed by atoms with Crippen molar-refractivity contribution < 1.29 is 18.7 Å². The van der Waals surface area contributed by atoms with Gasteiger partial charge in [-0.05, 0) is 60.5 Å². The van der Waals surface area contributed by atoms with Crippen LogP contribution in [0.1, 0.15) is 27.0 Å². The Morgan fingerprint density at radius 3 is 2.64 bits per heavy atom. The molecule has 0 spiro atoms. The van der Waals surface area contributed by atoms with Gasteiger partial charge in [-0.25, -0.2) is 4.39 Å². The molecular weight excluding hydrogens is 379 g/mol. The van der Waals surface area contributed by atoms with E-state index in [9.17, 15) is 9.18 Å². The van der Waals surface area contributed by atoms with Crippen molar-refractivity contribution in [3.8, 4) is 11.5 Å². The molecule has 140 valence electrons. The molecule has 0 saturated carbocycles. The molecule has 3 aromatic carbocycles. The lowest BCUT2D eigenvalue weighted by Crippen LogP contribution is -1.98. The molecule has 0 fully saturated rings. The number of carbonyl (C=O) groups is 1. The van der Waals surface area contributed by atoms with Crippen LogP contribution in [-0.2, 0) is 6.61 Å². The molecule has 0 radical (unpaired) electrons. The van der Waals surface area contributed by atoms with E-state index in [1.54, 1.807) is 42.5 Å². The highest BCUT2D eigenvalue weighted by Gasteiger charge is 2.30. The lowest BCUT2D eigenvalue weighted by molar-refractivity contribution is 0.101. The van der Waals surface area contributed by atoms with Gasteiger partial charge in [-0.3, -0.25) is 4.79 Å². The summed E-state index contributed by atoms with van der Waals surface area (Å²) in [5, 5.41) is 0.669. The summed E-state index contributed by atoms with van der Waals surface area (Å²) in [6.45, 7) is 2.21. The Bertz CT molecular complexity index is 1090. The molecule has 0 amide bonds. The first-order valence-electron chi connectivity index (χ1n) is 8.72. The number of carbonyl (C=O) groups excluding carboxylic acids is 1. The molecule has 4 rings (SSSR count). The third-order valence-corrected chi connectivity index (χ3v) is 4.74. The van der Waals surface area contributed by atoms with Gasteiger partial charge in [0.15, 0.2) is 5.76 Å². The maximum Gasteiger partial charge on any atom is 0.231 e. The van der Waals surface area contributed by atoms with Crippen molar-refractivity contribution in [2.24, 2.45) is 0 Å². The van der Waals surface area contributed by atoms with E-state index >= 15 is 0 Å². The number of ether oxygens (including phenoxy) is 2. The summed E-state index contributed by atoms with van der Waals surface area (Å²) in [4.78, 5) is 12.6. The molecule has 0 saturated heterocycles. The van der Waals surface area contributed by atoms with Crippen LogP contribution < -0.4 is 9.47 Å². The van der Waals surface area contributed by atoms with Crippen molar-refractivity contribution in [3.63, 3.8) is 0 Å². The van der Waals surface area contributed by atoms with Crippen LogP contribution in [0.2, 0.25) is 5.02 Å². The van der Waals surface area contributed by atoms with Crippen molar-refractivity contribution in [2.75, 3.05) is 0 Å². The average molecular weight is 395 g/mol. The first-order valence-corrected chi connectivity index (χ1v) is 9.10. The number of halogens is 2. The number of hydrogen-bond acceptors (Lipinski definition) is 3. The van der Waals surface area contributed by atoms with E-state index in [4.69, 9.17) is 21.1 Å². The molecule has 1 aliphatic rings. The van der Waals surface area contributed by atoms with Crippen LogP contribution in [0.5, 0.6) is 11.5 Å². The molecule has 1 heterocycles. The molecule has 1 aliphatic heterocycles. The van der Waals surface area contributed by atoms with Crippen LogP contribution in [0.3, 0.4) is 0 Å². The third-order valence-electron chi connectivity index (χ3n) is 4.49. The smallest absolute Gasteiger partial charge is 0.231 e. The second kappa shape index (κ2) is 7.49. The second-order valence-electron chi connectivity index (χ2n) is 6.48. The van der Waals surface area contributed by atoms with Gasteiger partial charge < -0.3 is 9.47 Å². The van der Waals surface area contributed by atoms with Crippen molar-refractivity contribution in [3.05, 3.63) is 99.5 Å². The monoisotopic (exact) mass is 394 g/mol. The maximum atomic E-state index is 13.4. The fourth-order valence-electron chi connectivity index (χ4n) is 3.01. The Morgan fingerprint density at radius 2 is 1.89 bits per heavy atom. The lowest BCUT2D eigenvalue weighted by Gasteiger charge is -2.11. The van der Waals surface area contributed by atoms with E-state index in [2.05, 4.69) is 0 Å². The summed E-state index contributed by atoms with van der Waals surface area (Å²) in [7, 11) is 0. The molecular formula is C23H16ClFO3. The summed E-state index contributed by atoms with van der Waals surface area (Å²) in [5.41, 5.74) is 2.75. The van der Waals surface area contributed by atoms with E-state index in [-0.39, 0.29) is 17.4 Å². The molecule has 28 heavy (non-hydrogen) atoms. The van der Waals surface area contributed by atoms with Gasteiger partial charge in [0, 0.05) is 10.6 Å². The van der Waals surface area contributed by atoms with Crippen LogP contribution in [-0.4, -0.2) is 5.78 Å². The number of Topliss-reactive ketones (excluding diaryl/α,β-unsaturated/α-hetero) is 1. The normalized spacial score (nSPS) is 14.1. The number of benzene rings is 3. The highest BCUT2D eigenvalue weighted by atomic mass is 35.5. The average Bonchev–Trinajstić information content (AvgIpc) is 2.99. The minimum absolute atomic E-state index is 0.165.